The normalized spacial score (nSPS) is 13.2. The first kappa shape index (κ1) is 25.8. The van der Waals surface area contributed by atoms with Gasteiger partial charge in [0.15, 0.2) is 11.4 Å². The first-order valence-corrected chi connectivity index (χ1v) is 15.8. The van der Waals surface area contributed by atoms with Gasteiger partial charge in [-0.15, -0.1) is 11.3 Å². The van der Waals surface area contributed by atoms with E-state index < -0.39 is 0 Å². The third kappa shape index (κ3) is 3.43. The zero-order chi connectivity index (χ0) is 30.4. The van der Waals surface area contributed by atoms with E-state index in [1.807, 2.05) is 53.8 Å². The summed E-state index contributed by atoms with van der Waals surface area (Å²) in [6.45, 7) is 20.4. The van der Waals surface area contributed by atoms with E-state index in [1.54, 1.807) is 0 Å². The Labute approximate surface area is 264 Å². The van der Waals surface area contributed by atoms with Gasteiger partial charge in [0.05, 0.1) is 24.2 Å². The van der Waals surface area contributed by atoms with E-state index >= 15 is 0 Å². The summed E-state index contributed by atoms with van der Waals surface area (Å²) in [7, 11) is 0. The molecule has 1 aliphatic rings. The number of rotatable bonds is 2. The molecule has 0 unspecified atom stereocenters. The lowest BCUT2D eigenvalue weighted by Gasteiger charge is -2.21. The van der Waals surface area contributed by atoms with Gasteiger partial charge in [0.2, 0.25) is 0 Å². The fraction of sp³-hybridized carbons (Fsp3) is 0.0732. The molecule has 1 aliphatic carbocycles. The summed E-state index contributed by atoms with van der Waals surface area (Å²) in [6.07, 6.45) is 0. The van der Waals surface area contributed by atoms with Crippen molar-refractivity contribution < 1.29 is 0 Å². The van der Waals surface area contributed by atoms with Gasteiger partial charge in [-0.25, -0.2) is 9.69 Å². The van der Waals surface area contributed by atoms with Crippen molar-refractivity contribution in [2.75, 3.05) is 0 Å². The molecule has 0 N–H and O–H groups in total. The standard InChI is InChI=1S/C41H25N3S/c1-41(2)31-12-7-5-11-28(31)39-32(41)19-18-27-30-22-24(16-21-37(30)45-40(27)39)38-33(43-4)13-9-15-36(38)44-34-14-8-6-10-26(34)29-23-25(42-3)17-20-35(29)44/h5-23H,1-2H3. The molecule has 0 aliphatic heterocycles. The Bertz CT molecular complexity index is 2650. The highest BCUT2D eigenvalue weighted by Crippen LogP contribution is 2.54. The molecular formula is C41H25N3S. The number of benzene rings is 6. The van der Waals surface area contributed by atoms with Gasteiger partial charge in [-0.2, -0.15) is 0 Å². The number of thiophene rings is 1. The molecule has 0 radical (unpaired) electrons. The van der Waals surface area contributed by atoms with Crippen LogP contribution in [0.3, 0.4) is 0 Å². The Balaban J connectivity index is 1.33. The maximum Gasteiger partial charge on any atom is 0.196 e. The van der Waals surface area contributed by atoms with E-state index in [4.69, 9.17) is 13.1 Å². The van der Waals surface area contributed by atoms with Crippen LogP contribution in [0.15, 0.2) is 115 Å². The summed E-state index contributed by atoms with van der Waals surface area (Å²) >= 11 is 1.86. The first-order chi connectivity index (χ1) is 22.0. The maximum atomic E-state index is 8.17. The van der Waals surface area contributed by atoms with Gasteiger partial charge in [0.25, 0.3) is 0 Å². The molecule has 210 valence electrons. The topological polar surface area (TPSA) is 13.6 Å². The highest BCUT2D eigenvalue weighted by molar-refractivity contribution is 7.26. The summed E-state index contributed by atoms with van der Waals surface area (Å²) in [5, 5.41) is 4.60. The van der Waals surface area contributed by atoms with E-state index in [2.05, 4.69) is 101 Å². The Morgan fingerprint density at radius 3 is 2.31 bits per heavy atom. The van der Waals surface area contributed by atoms with E-state index in [0.717, 1.165) is 38.6 Å². The van der Waals surface area contributed by atoms with Gasteiger partial charge in [-0.1, -0.05) is 92.7 Å². The second-order valence-corrected chi connectivity index (χ2v) is 13.3. The number of para-hydroxylation sites is 1. The Kier molecular flexibility index (Phi) is 5.25. The molecular weight excluding hydrogens is 567 g/mol. The molecule has 45 heavy (non-hydrogen) atoms. The highest BCUT2D eigenvalue weighted by atomic mass is 32.1. The quantitative estimate of drug-likeness (QED) is 0.178. The van der Waals surface area contributed by atoms with E-state index in [9.17, 15) is 0 Å². The van der Waals surface area contributed by atoms with Crippen LogP contribution in [0, 0.1) is 13.1 Å². The zero-order valence-electron chi connectivity index (χ0n) is 24.7. The van der Waals surface area contributed by atoms with Crippen LogP contribution in [0.4, 0.5) is 11.4 Å². The maximum absolute atomic E-state index is 8.17. The van der Waals surface area contributed by atoms with Crippen LogP contribution < -0.4 is 0 Å². The van der Waals surface area contributed by atoms with Crippen molar-refractivity contribution in [3.05, 3.63) is 149 Å². The minimum atomic E-state index is -0.0389. The first-order valence-electron chi connectivity index (χ1n) is 15.0. The summed E-state index contributed by atoms with van der Waals surface area (Å²) < 4.78 is 4.83. The number of fused-ring (bicyclic) bond motifs is 10. The van der Waals surface area contributed by atoms with Crippen molar-refractivity contribution in [1.82, 2.24) is 4.57 Å². The Hall–Kier alpha value is -5.68. The molecule has 4 heteroatoms. The SMILES string of the molecule is [C-]#[N+]c1ccc2c(c1)c1ccccc1n2-c1cccc([N+]#[C-])c1-c1ccc2sc3c4c(ccc3c2c1)C(C)(C)c1ccccc1-4. The van der Waals surface area contributed by atoms with Gasteiger partial charge in [0.1, 0.15) is 0 Å². The molecule has 0 amide bonds. The zero-order valence-corrected chi connectivity index (χ0v) is 25.5. The predicted molar refractivity (Wildman–Crippen MR) is 189 cm³/mol. The van der Waals surface area contributed by atoms with Crippen molar-refractivity contribution in [2.24, 2.45) is 0 Å². The molecule has 0 atom stereocenters. The van der Waals surface area contributed by atoms with Crippen molar-refractivity contribution in [3.8, 4) is 27.9 Å². The fourth-order valence-corrected chi connectivity index (χ4v) is 8.81. The van der Waals surface area contributed by atoms with Gasteiger partial charge in [0, 0.05) is 47.8 Å². The number of aromatic nitrogens is 1. The van der Waals surface area contributed by atoms with Crippen LogP contribution in [-0.2, 0) is 5.41 Å². The van der Waals surface area contributed by atoms with Gasteiger partial charge in [-0.3, -0.25) is 0 Å². The lowest BCUT2D eigenvalue weighted by atomic mass is 9.82. The fourth-order valence-electron chi connectivity index (χ4n) is 7.57. The molecule has 0 bridgehead atoms. The minimum Gasteiger partial charge on any atom is -0.310 e. The van der Waals surface area contributed by atoms with E-state index in [1.165, 1.54) is 42.4 Å². The highest BCUT2D eigenvalue weighted by Gasteiger charge is 2.36. The Morgan fingerprint density at radius 1 is 0.622 bits per heavy atom. The van der Waals surface area contributed by atoms with E-state index in [0.29, 0.717) is 11.4 Å². The smallest absolute Gasteiger partial charge is 0.196 e. The lowest BCUT2D eigenvalue weighted by Crippen LogP contribution is -2.14. The number of hydrogen-bond acceptors (Lipinski definition) is 1. The molecule has 6 aromatic carbocycles. The predicted octanol–water partition coefficient (Wildman–Crippen LogP) is 12.2. The molecule has 2 heterocycles. The van der Waals surface area contributed by atoms with Crippen LogP contribution in [-0.4, -0.2) is 4.57 Å². The van der Waals surface area contributed by atoms with Crippen molar-refractivity contribution >= 4 is 64.7 Å². The molecule has 0 spiro atoms. The third-order valence-corrected chi connectivity index (χ3v) is 10.8. The molecule has 8 aromatic rings. The average Bonchev–Trinajstić information content (AvgIpc) is 3.69. The molecule has 0 saturated carbocycles. The van der Waals surface area contributed by atoms with Crippen molar-refractivity contribution in [3.63, 3.8) is 0 Å². The largest absolute Gasteiger partial charge is 0.310 e. The number of hydrogen-bond donors (Lipinski definition) is 0. The van der Waals surface area contributed by atoms with Crippen LogP contribution in [0.2, 0.25) is 0 Å². The van der Waals surface area contributed by atoms with Crippen LogP contribution >= 0.6 is 11.3 Å². The molecule has 9 rings (SSSR count). The molecule has 0 saturated heterocycles. The lowest BCUT2D eigenvalue weighted by molar-refractivity contribution is 0.661. The molecule has 3 nitrogen and oxygen atoms in total. The summed E-state index contributed by atoms with van der Waals surface area (Å²) in [4.78, 5) is 7.72. The minimum absolute atomic E-state index is 0.0389. The Morgan fingerprint density at radius 2 is 1.44 bits per heavy atom. The third-order valence-electron chi connectivity index (χ3n) is 9.64. The second-order valence-electron chi connectivity index (χ2n) is 12.3. The second kappa shape index (κ2) is 9.16. The van der Waals surface area contributed by atoms with Gasteiger partial charge in [-0.05, 0) is 64.0 Å². The van der Waals surface area contributed by atoms with E-state index in [-0.39, 0.29) is 5.41 Å². The molecule has 0 fully saturated rings. The molecule has 2 aromatic heterocycles. The van der Waals surface area contributed by atoms with Crippen LogP contribution in [0.5, 0.6) is 0 Å². The van der Waals surface area contributed by atoms with Crippen LogP contribution in [0.1, 0.15) is 25.0 Å². The summed E-state index contributed by atoms with van der Waals surface area (Å²) in [5.41, 5.74) is 11.6. The van der Waals surface area contributed by atoms with Crippen molar-refractivity contribution in [2.45, 2.75) is 19.3 Å². The van der Waals surface area contributed by atoms with Gasteiger partial charge >= 0.3 is 0 Å². The summed E-state index contributed by atoms with van der Waals surface area (Å²) in [5.74, 6) is 0. The van der Waals surface area contributed by atoms with Crippen LogP contribution in [0.25, 0.3) is 79.6 Å². The van der Waals surface area contributed by atoms with Gasteiger partial charge < -0.3 is 4.57 Å². The average molecular weight is 592 g/mol. The number of nitrogens with zero attached hydrogens (tertiary/aromatic N) is 3. The monoisotopic (exact) mass is 591 g/mol. The summed E-state index contributed by atoms with van der Waals surface area (Å²) in [6, 6.07) is 40.4. The van der Waals surface area contributed by atoms with Crippen molar-refractivity contribution in [1.29, 1.82) is 0 Å².